The van der Waals surface area contributed by atoms with Gasteiger partial charge in [-0.25, -0.2) is 4.68 Å². The molecule has 1 amide bonds. The van der Waals surface area contributed by atoms with Crippen molar-refractivity contribution in [2.45, 2.75) is 32.9 Å². The van der Waals surface area contributed by atoms with Crippen LogP contribution in [0.2, 0.25) is 0 Å². The van der Waals surface area contributed by atoms with Gasteiger partial charge in [-0.1, -0.05) is 13.3 Å². The number of aromatic nitrogens is 2. The summed E-state index contributed by atoms with van der Waals surface area (Å²) in [7, 11) is 0. The minimum Gasteiger partial charge on any atom is -0.346 e. The Labute approximate surface area is 135 Å². The van der Waals surface area contributed by atoms with E-state index >= 15 is 0 Å². The van der Waals surface area contributed by atoms with Crippen LogP contribution in [-0.4, -0.2) is 15.7 Å². The van der Waals surface area contributed by atoms with Gasteiger partial charge in [-0.15, -0.1) is 11.3 Å². The number of carbonyl (C=O) groups is 1. The van der Waals surface area contributed by atoms with Crippen LogP contribution in [0.4, 0.5) is 0 Å². The van der Waals surface area contributed by atoms with E-state index in [9.17, 15) is 9.59 Å². The maximum atomic E-state index is 12.1. The second-order valence-corrected chi connectivity index (χ2v) is 7.07. The molecule has 0 saturated carbocycles. The Bertz CT molecular complexity index is 681. The zero-order valence-corrected chi connectivity index (χ0v) is 14.0. The van der Waals surface area contributed by atoms with Gasteiger partial charge in [-0.2, -0.15) is 5.10 Å². The molecule has 2 aromatic rings. The Morgan fingerprint density at radius 1 is 1.38 bits per heavy atom. The summed E-state index contributed by atoms with van der Waals surface area (Å²) in [5.41, 5.74) is 0.0866. The second-order valence-electron chi connectivity index (χ2n) is 4.52. The molecule has 0 bridgehead atoms. The molecule has 21 heavy (non-hydrogen) atoms. The molecule has 0 aromatic carbocycles. The van der Waals surface area contributed by atoms with Crippen LogP contribution in [0.5, 0.6) is 0 Å². The minimum absolute atomic E-state index is 0.179. The van der Waals surface area contributed by atoms with E-state index in [0.717, 1.165) is 21.5 Å². The molecule has 0 aliphatic rings. The maximum Gasteiger partial charge on any atom is 0.272 e. The molecule has 0 atom stereocenters. The lowest BCUT2D eigenvalue weighted by Crippen LogP contribution is -2.29. The van der Waals surface area contributed by atoms with Gasteiger partial charge >= 0.3 is 0 Å². The van der Waals surface area contributed by atoms with E-state index < -0.39 is 0 Å². The summed E-state index contributed by atoms with van der Waals surface area (Å²) < 4.78 is 2.37. The van der Waals surface area contributed by atoms with Crippen molar-refractivity contribution < 1.29 is 4.79 Å². The maximum absolute atomic E-state index is 12.1. The molecule has 2 heterocycles. The number of hydrogen-bond donors (Lipinski definition) is 1. The number of unbranched alkanes of at least 4 members (excludes halogenated alkanes) is 1. The lowest BCUT2D eigenvalue weighted by Gasteiger charge is -2.06. The average molecular weight is 370 g/mol. The van der Waals surface area contributed by atoms with Gasteiger partial charge in [-0.05, 0) is 40.5 Å². The third-order valence-electron chi connectivity index (χ3n) is 2.87. The third kappa shape index (κ3) is 4.50. The Balaban J connectivity index is 2.03. The van der Waals surface area contributed by atoms with Crippen LogP contribution < -0.4 is 10.9 Å². The van der Waals surface area contributed by atoms with Crippen LogP contribution in [0.15, 0.2) is 32.8 Å². The van der Waals surface area contributed by atoms with Gasteiger partial charge in [0, 0.05) is 17.5 Å². The fourth-order valence-corrected chi connectivity index (χ4v) is 3.17. The average Bonchev–Trinajstić information content (AvgIpc) is 2.89. The first kappa shape index (κ1) is 15.9. The van der Waals surface area contributed by atoms with Gasteiger partial charge in [0.1, 0.15) is 5.69 Å². The smallest absolute Gasteiger partial charge is 0.272 e. The van der Waals surface area contributed by atoms with E-state index in [0.29, 0.717) is 13.1 Å². The Kier molecular flexibility index (Phi) is 5.69. The highest BCUT2D eigenvalue weighted by atomic mass is 79.9. The standard InChI is InChI=1S/C14H16BrN3O2S/c1-2-3-8-18-13(19)7-5-11(17-18)14(20)16-9-10-4-6-12(15)21-10/h4-7H,2-3,8-9H2,1H3,(H,16,20). The molecule has 0 aliphatic heterocycles. The first-order chi connectivity index (χ1) is 10.1. The predicted molar refractivity (Wildman–Crippen MR) is 86.6 cm³/mol. The third-order valence-corrected chi connectivity index (χ3v) is 4.50. The molecule has 2 aromatic heterocycles. The van der Waals surface area contributed by atoms with Crippen LogP contribution in [0.3, 0.4) is 0 Å². The molecular weight excluding hydrogens is 354 g/mol. The number of hydrogen-bond acceptors (Lipinski definition) is 4. The normalized spacial score (nSPS) is 10.6. The van der Waals surface area contributed by atoms with Gasteiger partial charge in [0.25, 0.3) is 11.5 Å². The van der Waals surface area contributed by atoms with Gasteiger partial charge < -0.3 is 5.32 Å². The number of halogens is 1. The predicted octanol–water partition coefficient (Wildman–Crippen LogP) is 2.80. The fraction of sp³-hybridized carbons (Fsp3) is 0.357. The lowest BCUT2D eigenvalue weighted by atomic mass is 10.3. The van der Waals surface area contributed by atoms with Crippen molar-refractivity contribution in [3.05, 3.63) is 49.0 Å². The zero-order chi connectivity index (χ0) is 15.2. The summed E-state index contributed by atoms with van der Waals surface area (Å²) in [6.45, 7) is 3.03. The summed E-state index contributed by atoms with van der Waals surface area (Å²) in [5, 5.41) is 6.92. The van der Waals surface area contributed by atoms with E-state index in [4.69, 9.17) is 0 Å². The number of aryl methyl sites for hydroxylation is 1. The van der Waals surface area contributed by atoms with Crippen molar-refractivity contribution in [1.29, 1.82) is 0 Å². The van der Waals surface area contributed by atoms with Crippen LogP contribution in [0, 0.1) is 0 Å². The minimum atomic E-state index is -0.273. The molecule has 112 valence electrons. The molecule has 0 unspecified atom stereocenters. The Hall–Kier alpha value is -1.47. The van der Waals surface area contributed by atoms with E-state index in [1.165, 1.54) is 16.8 Å². The molecule has 2 rings (SSSR count). The van der Waals surface area contributed by atoms with Crippen molar-refractivity contribution in [3.8, 4) is 0 Å². The van der Waals surface area contributed by atoms with Gasteiger partial charge in [0.2, 0.25) is 0 Å². The van der Waals surface area contributed by atoms with E-state index in [-0.39, 0.29) is 17.2 Å². The molecule has 0 saturated heterocycles. The van der Waals surface area contributed by atoms with Crippen LogP contribution >= 0.6 is 27.3 Å². The molecule has 0 spiro atoms. The first-order valence-corrected chi connectivity index (χ1v) is 8.31. The summed E-state index contributed by atoms with van der Waals surface area (Å²) in [6.07, 6.45) is 1.83. The van der Waals surface area contributed by atoms with Crippen molar-refractivity contribution in [2.24, 2.45) is 0 Å². The Morgan fingerprint density at radius 3 is 2.86 bits per heavy atom. The molecule has 1 N–H and O–H groups in total. The van der Waals surface area contributed by atoms with E-state index in [1.807, 2.05) is 19.1 Å². The summed E-state index contributed by atoms with van der Waals surface area (Å²) in [6, 6.07) is 6.74. The van der Waals surface area contributed by atoms with Crippen LogP contribution in [0.25, 0.3) is 0 Å². The summed E-state index contributed by atoms with van der Waals surface area (Å²) in [4.78, 5) is 24.8. The molecule has 5 nitrogen and oxygen atoms in total. The van der Waals surface area contributed by atoms with Crippen LogP contribution in [-0.2, 0) is 13.1 Å². The zero-order valence-electron chi connectivity index (χ0n) is 11.6. The highest BCUT2D eigenvalue weighted by molar-refractivity contribution is 9.11. The number of thiophene rings is 1. The number of rotatable bonds is 6. The van der Waals surface area contributed by atoms with Gasteiger partial charge in [0.05, 0.1) is 10.3 Å². The molecular formula is C14H16BrN3O2S. The molecule has 0 fully saturated rings. The summed E-state index contributed by atoms with van der Waals surface area (Å²) >= 11 is 4.95. The fourth-order valence-electron chi connectivity index (χ4n) is 1.74. The Morgan fingerprint density at radius 2 is 2.19 bits per heavy atom. The van der Waals surface area contributed by atoms with Gasteiger partial charge in [-0.3, -0.25) is 9.59 Å². The quantitative estimate of drug-likeness (QED) is 0.851. The number of nitrogens with zero attached hydrogens (tertiary/aromatic N) is 2. The number of nitrogens with one attached hydrogen (secondary N) is 1. The largest absolute Gasteiger partial charge is 0.346 e. The highest BCUT2D eigenvalue weighted by Crippen LogP contribution is 2.21. The first-order valence-electron chi connectivity index (χ1n) is 6.70. The molecule has 7 heteroatoms. The van der Waals surface area contributed by atoms with E-state index in [1.54, 1.807) is 11.3 Å². The lowest BCUT2D eigenvalue weighted by molar-refractivity contribution is 0.0943. The van der Waals surface area contributed by atoms with Crippen molar-refractivity contribution >= 4 is 33.2 Å². The summed E-state index contributed by atoms with van der Waals surface area (Å²) in [5.74, 6) is -0.273. The van der Waals surface area contributed by atoms with E-state index in [2.05, 4.69) is 26.3 Å². The SMILES string of the molecule is CCCCn1nc(C(=O)NCc2ccc(Br)s2)ccc1=O. The number of amides is 1. The number of carbonyl (C=O) groups excluding carboxylic acids is 1. The van der Waals surface area contributed by atoms with Crippen molar-refractivity contribution in [3.63, 3.8) is 0 Å². The molecule has 0 aliphatic carbocycles. The second kappa shape index (κ2) is 7.51. The molecule has 0 radical (unpaired) electrons. The van der Waals surface area contributed by atoms with Crippen molar-refractivity contribution in [1.82, 2.24) is 15.1 Å². The van der Waals surface area contributed by atoms with Crippen molar-refractivity contribution in [2.75, 3.05) is 0 Å². The van der Waals surface area contributed by atoms with Crippen LogP contribution in [0.1, 0.15) is 35.1 Å². The highest BCUT2D eigenvalue weighted by Gasteiger charge is 2.09. The topological polar surface area (TPSA) is 64.0 Å². The monoisotopic (exact) mass is 369 g/mol. The van der Waals surface area contributed by atoms with Gasteiger partial charge in [0.15, 0.2) is 0 Å².